The minimum Gasteiger partial charge on any atom is -0.476 e. The molecule has 0 bridgehead atoms. The van der Waals surface area contributed by atoms with E-state index in [0.29, 0.717) is 30.8 Å². The van der Waals surface area contributed by atoms with E-state index in [4.69, 9.17) is 16.3 Å². The number of amides is 1. The highest BCUT2D eigenvalue weighted by Crippen LogP contribution is 2.38. The van der Waals surface area contributed by atoms with E-state index in [-0.39, 0.29) is 34.7 Å². The van der Waals surface area contributed by atoms with Gasteiger partial charge in [0.25, 0.3) is 5.78 Å². The highest BCUT2D eigenvalue weighted by molar-refractivity contribution is 6.31. The van der Waals surface area contributed by atoms with E-state index in [1.165, 1.54) is 6.20 Å². The Morgan fingerprint density at radius 3 is 2.64 bits per heavy atom. The lowest BCUT2D eigenvalue weighted by molar-refractivity contribution is -0.899. The molecular formula is C23H29ClF3N2O4+. The zero-order chi connectivity index (χ0) is 24.4. The van der Waals surface area contributed by atoms with Crippen LogP contribution in [0.5, 0.6) is 0 Å². The predicted octanol–water partition coefficient (Wildman–Crippen LogP) is 3.46. The average molecular weight is 490 g/mol. The predicted molar refractivity (Wildman–Crippen MR) is 116 cm³/mol. The zero-order valence-corrected chi connectivity index (χ0v) is 19.4. The number of ketones is 1. The molecule has 10 heteroatoms. The lowest BCUT2D eigenvalue weighted by Gasteiger charge is -2.47. The van der Waals surface area contributed by atoms with Crippen molar-refractivity contribution in [1.82, 2.24) is 4.90 Å². The molecular weight excluding hydrogens is 461 g/mol. The van der Waals surface area contributed by atoms with Crippen molar-refractivity contribution in [3.63, 3.8) is 0 Å². The van der Waals surface area contributed by atoms with Gasteiger partial charge >= 0.3 is 6.18 Å². The summed E-state index contributed by atoms with van der Waals surface area (Å²) in [6.07, 6.45) is -1.07. The third-order valence-electron chi connectivity index (χ3n) is 6.78. The fourth-order valence-electron chi connectivity index (χ4n) is 4.95. The monoisotopic (exact) mass is 489 g/mol. The molecule has 1 aromatic carbocycles. The van der Waals surface area contributed by atoms with Crippen molar-refractivity contribution in [1.29, 1.82) is 0 Å². The van der Waals surface area contributed by atoms with Crippen LogP contribution in [0.25, 0.3) is 0 Å². The molecule has 3 rings (SSSR count). The van der Waals surface area contributed by atoms with Gasteiger partial charge in [-0.05, 0) is 18.1 Å². The number of aliphatic hydroxyl groups excluding tert-OH is 1. The highest BCUT2D eigenvalue weighted by Gasteiger charge is 2.53. The Morgan fingerprint density at radius 2 is 2.03 bits per heavy atom. The molecule has 4 atom stereocenters. The maximum absolute atomic E-state index is 13.2. The van der Waals surface area contributed by atoms with Crippen LogP contribution in [0.4, 0.5) is 13.2 Å². The van der Waals surface area contributed by atoms with Crippen molar-refractivity contribution < 1.29 is 37.1 Å². The smallest absolute Gasteiger partial charge is 0.422 e. The number of halogens is 4. The van der Waals surface area contributed by atoms with Crippen molar-refractivity contribution >= 4 is 23.3 Å². The molecule has 182 valence electrons. The Kier molecular flexibility index (Phi) is 7.76. The molecule has 0 radical (unpaired) electrons. The number of carbonyl (C=O) groups is 2. The summed E-state index contributed by atoms with van der Waals surface area (Å²) in [4.78, 5) is 27.0. The molecule has 0 aliphatic carbocycles. The van der Waals surface area contributed by atoms with Crippen molar-refractivity contribution in [2.45, 2.75) is 56.9 Å². The van der Waals surface area contributed by atoms with Crippen molar-refractivity contribution in [2.24, 2.45) is 0 Å². The lowest BCUT2D eigenvalue weighted by atomic mass is 9.90. The van der Waals surface area contributed by atoms with E-state index in [1.54, 1.807) is 29.2 Å². The molecule has 0 saturated carbocycles. The zero-order valence-electron chi connectivity index (χ0n) is 18.6. The van der Waals surface area contributed by atoms with Crippen LogP contribution >= 0.6 is 11.6 Å². The number of rotatable bonds is 7. The summed E-state index contributed by atoms with van der Waals surface area (Å²) in [7, 11) is 1.82. The minimum absolute atomic E-state index is 0.0783. The lowest BCUT2D eigenvalue weighted by Crippen LogP contribution is -2.61. The van der Waals surface area contributed by atoms with Gasteiger partial charge in [0, 0.05) is 36.9 Å². The molecule has 1 fully saturated rings. The second-order valence-corrected chi connectivity index (χ2v) is 9.19. The Morgan fingerprint density at radius 1 is 1.33 bits per heavy atom. The van der Waals surface area contributed by atoms with E-state index in [2.05, 4.69) is 0 Å². The van der Waals surface area contributed by atoms with Gasteiger partial charge in [0.1, 0.15) is 12.8 Å². The van der Waals surface area contributed by atoms with Crippen molar-refractivity contribution in [2.75, 3.05) is 26.8 Å². The number of nitrogens with zero attached hydrogens (tertiary/aromatic N) is 2. The van der Waals surface area contributed by atoms with Crippen LogP contribution in [0.15, 0.2) is 36.2 Å². The van der Waals surface area contributed by atoms with Gasteiger partial charge in [-0.15, -0.1) is 0 Å². The van der Waals surface area contributed by atoms with Gasteiger partial charge in [-0.1, -0.05) is 36.7 Å². The van der Waals surface area contributed by atoms with Gasteiger partial charge < -0.3 is 14.7 Å². The van der Waals surface area contributed by atoms with Gasteiger partial charge in [-0.25, -0.2) is 0 Å². The third-order valence-corrected chi connectivity index (χ3v) is 7.15. The first-order chi connectivity index (χ1) is 15.5. The fraction of sp³-hybridized carbons (Fsp3) is 0.565. The number of hydrogen-bond acceptors (Lipinski definition) is 4. The number of Topliss-reactive ketones (excluding diaryl/α,β-unsaturated/α-hetero) is 1. The molecule has 0 spiro atoms. The molecule has 1 saturated heterocycles. The SMILES string of the molecule is CCC1CC([N+]2(C)C=C(OCC(F)(F)F)C(=O)C2Cc2ccccc2Cl)CCN1C(=O)CO. The molecule has 33 heavy (non-hydrogen) atoms. The van der Waals surface area contributed by atoms with Crippen LogP contribution in [-0.2, 0) is 20.7 Å². The minimum atomic E-state index is -4.56. The Hall–Kier alpha value is -2.10. The van der Waals surface area contributed by atoms with Gasteiger partial charge in [0.15, 0.2) is 12.6 Å². The second kappa shape index (κ2) is 10.0. The quantitative estimate of drug-likeness (QED) is 0.596. The van der Waals surface area contributed by atoms with E-state index in [1.807, 2.05) is 14.0 Å². The summed E-state index contributed by atoms with van der Waals surface area (Å²) in [5.74, 6) is -1.12. The Bertz CT molecular complexity index is 923. The highest BCUT2D eigenvalue weighted by atomic mass is 35.5. The summed E-state index contributed by atoms with van der Waals surface area (Å²) in [5, 5.41) is 9.77. The molecule has 4 unspecified atom stereocenters. The van der Waals surface area contributed by atoms with Crippen LogP contribution in [0.2, 0.25) is 5.02 Å². The van der Waals surface area contributed by atoms with Crippen molar-refractivity contribution in [3.05, 3.63) is 46.8 Å². The first-order valence-corrected chi connectivity index (χ1v) is 11.3. The van der Waals surface area contributed by atoms with Gasteiger partial charge in [-0.3, -0.25) is 14.1 Å². The number of ether oxygens (including phenoxy) is 1. The summed E-state index contributed by atoms with van der Waals surface area (Å²) in [6, 6.07) is 6.12. The molecule has 2 aliphatic rings. The molecule has 1 aromatic rings. The summed E-state index contributed by atoms with van der Waals surface area (Å²) in [6.45, 7) is 0.228. The van der Waals surface area contributed by atoms with E-state index in [9.17, 15) is 27.9 Å². The second-order valence-electron chi connectivity index (χ2n) is 8.78. The third kappa shape index (κ3) is 5.53. The number of carbonyl (C=O) groups excluding carboxylic acids is 2. The number of benzene rings is 1. The molecule has 1 amide bonds. The number of alkyl halides is 3. The molecule has 2 aliphatic heterocycles. The summed E-state index contributed by atoms with van der Waals surface area (Å²) < 4.78 is 43.4. The summed E-state index contributed by atoms with van der Waals surface area (Å²) in [5.41, 5.74) is 0.729. The number of aliphatic hydroxyl groups is 1. The number of likely N-dealkylation sites (N-methyl/N-ethyl adjacent to an activating group) is 1. The fourth-order valence-corrected chi connectivity index (χ4v) is 5.17. The number of piperidine rings is 1. The maximum Gasteiger partial charge on any atom is 0.422 e. The normalized spacial score (nSPS) is 28.1. The topological polar surface area (TPSA) is 66.8 Å². The first kappa shape index (κ1) is 25.5. The average Bonchev–Trinajstić information content (AvgIpc) is 3.03. The molecule has 6 nitrogen and oxygen atoms in total. The largest absolute Gasteiger partial charge is 0.476 e. The van der Waals surface area contributed by atoms with E-state index >= 15 is 0 Å². The number of likely N-dealkylation sites (tertiary alicyclic amines) is 1. The van der Waals surface area contributed by atoms with Crippen LogP contribution in [0.1, 0.15) is 31.7 Å². The van der Waals surface area contributed by atoms with Crippen LogP contribution in [0.3, 0.4) is 0 Å². The summed E-state index contributed by atoms with van der Waals surface area (Å²) >= 11 is 6.32. The van der Waals surface area contributed by atoms with Gasteiger partial charge in [0.2, 0.25) is 11.7 Å². The number of quaternary nitrogens is 1. The number of hydrogen-bond donors (Lipinski definition) is 1. The van der Waals surface area contributed by atoms with Crippen LogP contribution < -0.4 is 0 Å². The maximum atomic E-state index is 13.2. The molecule has 0 aromatic heterocycles. The van der Waals surface area contributed by atoms with E-state index in [0.717, 1.165) is 5.56 Å². The first-order valence-electron chi connectivity index (χ1n) is 11.0. The molecule has 1 N–H and O–H groups in total. The Balaban J connectivity index is 1.92. The van der Waals surface area contributed by atoms with Gasteiger partial charge in [-0.2, -0.15) is 13.2 Å². The van der Waals surface area contributed by atoms with Gasteiger partial charge in [0.05, 0.1) is 13.1 Å². The van der Waals surface area contributed by atoms with Crippen LogP contribution in [0, 0.1) is 0 Å². The van der Waals surface area contributed by atoms with Crippen LogP contribution in [-0.4, -0.2) is 77.3 Å². The standard InChI is InChI=1S/C23H29ClF3N2O4/c1-3-16-11-17(8-9-28(16)21(31)13-30)29(2)12-20(33-14-23(25,26)27)22(32)19(29)10-15-6-4-5-7-18(15)24/h4-7,12,16-17,19,30H,3,8-11,13-14H2,1-2H3/q+1. The molecule has 2 heterocycles. The van der Waals surface area contributed by atoms with E-state index < -0.39 is 31.2 Å². The Labute approximate surface area is 196 Å². The van der Waals surface area contributed by atoms with Crippen molar-refractivity contribution in [3.8, 4) is 0 Å².